The molecule has 0 spiro atoms. The lowest BCUT2D eigenvalue weighted by atomic mass is 10.1. The molecule has 0 aliphatic carbocycles. The third kappa shape index (κ3) is 6.03. The van der Waals surface area contributed by atoms with Gasteiger partial charge in [-0.2, -0.15) is 4.39 Å². The molecule has 0 aromatic heterocycles. The number of piperidine rings is 1. The number of hydrogen-bond donors (Lipinski definition) is 1. The molecule has 1 fully saturated rings. The Morgan fingerprint density at radius 3 is 2.65 bits per heavy atom. The van der Waals surface area contributed by atoms with Crippen LogP contribution in [0.1, 0.15) is 37.0 Å². The van der Waals surface area contributed by atoms with E-state index in [4.69, 9.17) is 0 Å². The predicted molar refractivity (Wildman–Crippen MR) is 87.2 cm³/mol. The zero-order valence-electron chi connectivity index (χ0n) is 13.8. The highest BCUT2D eigenvalue weighted by molar-refractivity contribution is 5.76. The van der Waals surface area contributed by atoms with Crippen molar-refractivity contribution in [3.63, 3.8) is 0 Å². The summed E-state index contributed by atoms with van der Waals surface area (Å²) in [6.45, 7) is 6.90. The topological polar surface area (TPSA) is 75.5 Å². The van der Waals surface area contributed by atoms with E-state index in [9.17, 15) is 19.3 Å². The molecule has 1 atom stereocenters. The van der Waals surface area contributed by atoms with E-state index in [1.807, 2.05) is 0 Å². The molecular weight excluding hydrogens is 301 g/mol. The van der Waals surface area contributed by atoms with Crippen molar-refractivity contribution in [1.82, 2.24) is 10.2 Å². The van der Waals surface area contributed by atoms with Gasteiger partial charge in [-0.25, -0.2) is 0 Å². The zero-order valence-corrected chi connectivity index (χ0v) is 13.8. The molecule has 0 unspecified atom stereocenters. The molecule has 128 valence electrons. The Morgan fingerprint density at radius 1 is 1.48 bits per heavy atom. The lowest BCUT2D eigenvalue weighted by molar-refractivity contribution is -0.387. The molecule has 2 rings (SSSR count). The number of carbonyl (C=O) groups excluding carboxylic acids is 1. The summed E-state index contributed by atoms with van der Waals surface area (Å²) in [4.78, 5) is 21.9. The first kappa shape index (κ1) is 19.2. The Bertz CT molecular complexity index is 531. The monoisotopic (exact) mass is 325 g/mol. The summed E-state index contributed by atoms with van der Waals surface area (Å²) < 4.78 is 12.6. The van der Waals surface area contributed by atoms with Gasteiger partial charge in [-0.15, -0.1) is 0 Å². The van der Waals surface area contributed by atoms with Crippen molar-refractivity contribution in [2.24, 2.45) is 0 Å². The van der Waals surface area contributed by atoms with Crippen LogP contribution in [0.5, 0.6) is 0 Å². The minimum absolute atomic E-state index is 0.0862. The SMILES string of the molecule is CC(C)N(C)[C@@H]1CCCNC1.O=Cc1ccc(F)c([N+](=O)[O-])c1. The maximum Gasteiger partial charge on any atom is 0.305 e. The summed E-state index contributed by atoms with van der Waals surface area (Å²) in [7, 11) is 2.22. The van der Waals surface area contributed by atoms with E-state index in [0.29, 0.717) is 12.3 Å². The van der Waals surface area contributed by atoms with Crippen molar-refractivity contribution in [1.29, 1.82) is 0 Å². The van der Waals surface area contributed by atoms with Crippen molar-refractivity contribution in [3.8, 4) is 0 Å². The fourth-order valence-corrected chi connectivity index (χ4v) is 2.35. The molecule has 1 aliphatic heterocycles. The van der Waals surface area contributed by atoms with E-state index in [-0.39, 0.29) is 5.56 Å². The van der Waals surface area contributed by atoms with Crippen LogP contribution in [-0.4, -0.2) is 48.3 Å². The van der Waals surface area contributed by atoms with Gasteiger partial charge in [-0.05, 0) is 52.4 Å². The van der Waals surface area contributed by atoms with E-state index >= 15 is 0 Å². The highest BCUT2D eigenvalue weighted by Crippen LogP contribution is 2.17. The number of nitro benzene ring substituents is 1. The van der Waals surface area contributed by atoms with Crippen LogP contribution in [0.15, 0.2) is 18.2 Å². The molecule has 0 saturated carbocycles. The first-order chi connectivity index (χ1) is 10.9. The normalized spacial score (nSPS) is 17.6. The van der Waals surface area contributed by atoms with Gasteiger partial charge >= 0.3 is 5.69 Å². The van der Waals surface area contributed by atoms with Gasteiger partial charge in [0.15, 0.2) is 0 Å². The quantitative estimate of drug-likeness (QED) is 0.523. The van der Waals surface area contributed by atoms with Crippen LogP contribution in [0.3, 0.4) is 0 Å². The number of rotatable bonds is 4. The number of aldehydes is 1. The van der Waals surface area contributed by atoms with Gasteiger partial charge in [0, 0.05) is 30.3 Å². The minimum Gasteiger partial charge on any atom is -0.315 e. The van der Waals surface area contributed by atoms with Gasteiger partial charge in [0.2, 0.25) is 5.82 Å². The van der Waals surface area contributed by atoms with Gasteiger partial charge in [0.05, 0.1) is 4.92 Å². The van der Waals surface area contributed by atoms with Crippen LogP contribution in [0.25, 0.3) is 0 Å². The first-order valence-electron chi connectivity index (χ1n) is 7.68. The summed E-state index contributed by atoms with van der Waals surface area (Å²) in [5.41, 5.74) is -0.595. The van der Waals surface area contributed by atoms with Gasteiger partial charge < -0.3 is 5.32 Å². The maximum absolute atomic E-state index is 12.6. The molecule has 1 N–H and O–H groups in total. The lowest BCUT2D eigenvalue weighted by Gasteiger charge is -2.34. The van der Waals surface area contributed by atoms with E-state index in [1.165, 1.54) is 32.0 Å². The fourth-order valence-electron chi connectivity index (χ4n) is 2.35. The molecule has 6 nitrogen and oxygen atoms in total. The lowest BCUT2D eigenvalue weighted by Crippen LogP contribution is -2.46. The smallest absolute Gasteiger partial charge is 0.305 e. The molecule has 1 aromatic carbocycles. The average Bonchev–Trinajstić information content (AvgIpc) is 2.55. The van der Waals surface area contributed by atoms with Crippen LogP contribution in [0.4, 0.5) is 10.1 Å². The molecule has 1 aliphatic rings. The zero-order chi connectivity index (χ0) is 17.4. The Hall–Kier alpha value is -1.86. The summed E-state index contributed by atoms with van der Waals surface area (Å²) >= 11 is 0. The van der Waals surface area contributed by atoms with Crippen LogP contribution in [0, 0.1) is 15.9 Å². The number of nitro groups is 1. The molecule has 0 bridgehead atoms. The molecular formula is C16H24FN3O3. The molecule has 1 aromatic rings. The van der Waals surface area contributed by atoms with Crippen molar-refractivity contribution in [2.75, 3.05) is 20.1 Å². The van der Waals surface area contributed by atoms with Gasteiger partial charge in [0.25, 0.3) is 0 Å². The maximum atomic E-state index is 12.6. The number of nitrogens with zero attached hydrogens (tertiary/aromatic N) is 2. The third-order valence-corrected chi connectivity index (χ3v) is 3.96. The average molecular weight is 325 g/mol. The standard InChI is InChI=1S/C9H20N2.C7H4FNO3/c1-8(2)11(3)9-5-4-6-10-7-9;8-6-2-1-5(4-10)3-7(6)9(11)12/h8-10H,4-7H2,1-3H3;1-4H/t9-;/m1./s1. The molecule has 1 heterocycles. The number of carbonyl (C=O) groups is 1. The summed E-state index contributed by atoms with van der Waals surface area (Å²) in [5, 5.41) is 13.6. The van der Waals surface area contributed by atoms with Crippen LogP contribution in [0.2, 0.25) is 0 Å². The van der Waals surface area contributed by atoms with Crippen molar-refractivity contribution in [3.05, 3.63) is 39.7 Å². The largest absolute Gasteiger partial charge is 0.315 e. The number of hydrogen-bond acceptors (Lipinski definition) is 5. The fraction of sp³-hybridized carbons (Fsp3) is 0.562. The molecule has 7 heteroatoms. The van der Waals surface area contributed by atoms with Crippen molar-refractivity contribution >= 4 is 12.0 Å². The highest BCUT2D eigenvalue weighted by Gasteiger charge is 2.18. The number of halogens is 1. The third-order valence-electron chi connectivity index (χ3n) is 3.96. The van der Waals surface area contributed by atoms with Crippen molar-refractivity contribution in [2.45, 2.75) is 38.8 Å². The number of likely N-dealkylation sites (N-methyl/N-ethyl adjacent to an activating group) is 1. The highest BCUT2D eigenvalue weighted by atomic mass is 19.1. The summed E-state index contributed by atoms with van der Waals surface area (Å²) in [6, 6.07) is 4.41. The Labute approximate surface area is 135 Å². The Kier molecular flexibility index (Phi) is 7.77. The molecule has 23 heavy (non-hydrogen) atoms. The molecule has 0 radical (unpaired) electrons. The van der Waals surface area contributed by atoms with Gasteiger partial charge in [-0.1, -0.05) is 0 Å². The molecule has 0 amide bonds. The van der Waals surface area contributed by atoms with E-state index in [2.05, 4.69) is 31.1 Å². The van der Waals surface area contributed by atoms with Crippen LogP contribution in [-0.2, 0) is 0 Å². The van der Waals surface area contributed by atoms with Crippen LogP contribution < -0.4 is 5.32 Å². The van der Waals surface area contributed by atoms with Crippen LogP contribution >= 0.6 is 0 Å². The second-order valence-corrected chi connectivity index (χ2v) is 5.85. The first-order valence-corrected chi connectivity index (χ1v) is 7.68. The summed E-state index contributed by atoms with van der Waals surface area (Å²) in [5.74, 6) is -0.939. The molecule has 1 saturated heterocycles. The number of nitrogens with one attached hydrogen (secondary N) is 1. The van der Waals surface area contributed by atoms with E-state index < -0.39 is 16.4 Å². The predicted octanol–water partition coefficient (Wildman–Crippen LogP) is 2.63. The van der Waals surface area contributed by atoms with Gasteiger partial charge in [-0.3, -0.25) is 19.8 Å². The number of benzene rings is 1. The van der Waals surface area contributed by atoms with E-state index in [0.717, 1.165) is 18.2 Å². The van der Waals surface area contributed by atoms with Gasteiger partial charge in [0.1, 0.15) is 6.29 Å². The Morgan fingerprint density at radius 2 is 2.17 bits per heavy atom. The van der Waals surface area contributed by atoms with Crippen molar-refractivity contribution < 1.29 is 14.1 Å². The van der Waals surface area contributed by atoms with E-state index in [1.54, 1.807) is 0 Å². The Balaban J connectivity index is 0.000000231. The second-order valence-electron chi connectivity index (χ2n) is 5.85. The second kappa shape index (κ2) is 9.32. The minimum atomic E-state index is -0.939. The summed E-state index contributed by atoms with van der Waals surface area (Å²) in [6.07, 6.45) is 3.12.